The van der Waals surface area contributed by atoms with Gasteiger partial charge < -0.3 is 5.32 Å². The molecule has 0 aliphatic rings. The van der Waals surface area contributed by atoms with Crippen LogP contribution in [0, 0.1) is 5.82 Å². The van der Waals surface area contributed by atoms with E-state index >= 15 is 0 Å². The van der Waals surface area contributed by atoms with Gasteiger partial charge in [-0.05, 0) is 60.5 Å². The SMILES string of the molecule is CCc1ccc(NC(=O)CSc2ccc(-c3ccc(F)cc3)nn2)cc1. The van der Waals surface area contributed by atoms with E-state index in [4.69, 9.17) is 0 Å². The van der Waals surface area contributed by atoms with Gasteiger partial charge >= 0.3 is 0 Å². The highest BCUT2D eigenvalue weighted by molar-refractivity contribution is 7.99. The van der Waals surface area contributed by atoms with Gasteiger partial charge in [0.2, 0.25) is 5.91 Å². The maximum absolute atomic E-state index is 13.0. The van der Waals surface area contributed by atoms with Gasteiger partial charge in [0.05, 0.1) is 11.4 Å². The Hall–Kier alpha value is -2.73. The minimum absolute atomic E-state index is 0.0938. The first-order valence-corrected chi connectivity index (χ1v) is 9.24. The molecule has 2 aromatic carbocycles. The molecule has 0 atom stereocenters. The number of nitrogens with zero attached hydrogens (tertiary/aromatic N) is 2. The minimum atomic E-state index is -0.288. The number of halogens is 1. The average molecular weight is 367 g/mol. The van der Waals surface area contributed by atoms with Crippen LogP contribution in [0.5, 0.6) is 0 Å². The number of carbonyl (C=O) groups excluding carboxylic acids is 1. The lowest BCUT2D eigenvalue weighted by molar-refractivity contribution is -0.113. The highest BCUT2D eigenvalue weighted by Gasteiger charge is 2.06. The molecule has 0 aliphatic heterocycles. The zero-order chi connectivity index (χ0) is 18.4. The summed E-state index contributed by atoms with van der Waals surface area (Å²) in [5.74, 6) is -0.131. The smallest absolute Gasteiger partial charge is 0.234 e. The fraction of sp³-hybridized carbons (Fsp3) is 0.150. The summed E-state index contributed by atoms with van der Waals surface area (Å²) in [7, 11) is 0. The Labute approximate surface area is 155 Å². The number of thioether (sulfide) groups is 1. The first-order chi connectivity index (χ1) is 12.6. The molecule has 3 aromatic rings. The standard InChI is InChI=1S/C20H18FN3OS/c1-2-14-3-9-17(10-4-14)22-19(25)13-26-20-12-11-18(23-24-20)15-5-7-16(21)8-6-15/h3-12H,2,13H2,1H3,(H,22,25). The number of hydrogen-bond donors (Lipinski definition) is 1. The summed E-state index contributed by atoms with van der Waals surface area (Å²) in [5, 5.41) is 11.8. The number of benzene rings is 2. The van der Waals surface area contributed by atoms with Gasteiger partial charge in [0.1, 0.15) is 10.8 Å². The molecule has 26 heavy (non-hydrogen) atoms. The van der Waals surface area contributed by atoms with Crippen molar-refractivity contribution in [2.45, 2.75) is 18.4 Å². The van der Waals surface area contributed by atoms with Crippen molar-refractivity contribution >= 4 is 23.4 Å². The molecule has 6 heteroatoms. The van der Waals surface area contributed by atoms with Gasteiger partial charge in [-0.2, -0.15) is 0 Å². The van der Waals surface area contributed by atoms with Crippen LogP contribution in [-0.2, 0) is 11.2 Å². The van der Waals surface area contributed by atoms with E-state index in [9.17, 15) is 9.18 Å². The van der Waals surface area contributed by atoms with E-state index in [0.717, 1.165) is 17.7 Å². The van der Waals surface area contributed by atoms with Crippen molar-refractivity contribution in [2.75, 3.05) is 11.1 Å². The Morgan fingerprint density at radius 1 is 1.00 bits per heavy atom. The number of aromatic nitrogens is 2. The first-order valence-electron chi connectivity index (χ1n) is 8.25. The molecule has 0 bridgehead atoms. The third-order valence-corrected chi connectivity index (χ3v) is 4.70. The van der Waals surface area contributed by atoms with E-state index in [1.54, 1.807) is 18.2 Å². The summed E-state index contributed by atoms with van der Waals surface area (Å²) in [6.45, 7) is 2.09. The lowest BCUT2D eigenvalue weighted by Gasteiger charge is -2.06. The average Bonchev–Trinajstić information content (AvgIpc) is 2.68. The van der Waals surface area contributed by atoms with Crippen LogP contribution < -0.4 is 5.32 Å². The third-order valence-electron chi connectivity index (χ3n) is 3.78. The van der Waals surface area contributed by atoms with Crippen LogP contribution in [0.1, 0.15) is 12.5 Å². The van der Waals surface area contributed by atoms with E-state index in [2.05, 4.69) is 22.4 Å². The van der Waals surface area contributed by atoms with E-state index in [1.165, 1.54) is 29.5 Å². The Balaban J connectivity index is 1.53. The van der Waals surface area contributed by atoms with Gasteiger partial charge in [-0.15, -0.1) is 10.2 Å². The van der Waals surface area contributed by atoms with Crippen molar-refractivity contribution in [1.29, 1.82) is 0 Å². The van der Waals surface area contributed by atoms with Gasteiger partial charge in [0.15, 0.2) is 0 Å². The summed E-state index contributed by atoms with van der Waals surface area (Å²) < 4.78 is 13.0. The number of rotatable bonds is 6. The van der Waals surface area contributed by atoms with Crippen molar-refractivity contribution in [3.8, 4) is 11.3 Å². The number of aryl methyl sites for hydroxylation is 1. The largest absolute Gasteiger partial charge is 0.325 e. The Bertz CT molecular complexity index is 865. The van der Waals surface area contributed by atoms with Crippen LogP contribution in [0.15, 0.2) is 65.7 Å². The van der Waals surface area contributed by atoms with Gasteiger partial charge in [0.25, 0.3) is 0 Å². The summed E-state index contributed by atoms with van der Waals surface area (Å²) in [6, 6.07) is 17.5. The van der Waals surface area contributed by atoms with Gasteiger partial charge in [0, 0.05) is 11.3 Å². The Morgan fingerprint density at radius 3 is 2.35 bits per heavy atom. The predicted molar refractivity (Wildman–Crippen MR) is 103 cm³/mol. The molecule has 1 aromatic heterocycles. The summed E-state index contributed by atoms with van der Waals surface area (Å²) in [5.41, 5.74) is 3.47. The molecule has 0 spiro atoms. The lowest BCUT2D eigenvalue weighted by Crippen LogP contribution is -2.14. The molecule has 0 radical (unpaired) electrons. The molecular formula is C20H18FN3OS. The number of amides is 1. The molecule has 0 unspecified atom stereocenters. The van der Waals surface area contributed by atoms with Crippen molar-refractivity contribution in [2.24, 2.45) is 0 Å². The maximum atomic E-state index is 13.0. The molecule has 132 valence electrons. The number of carbonyl (C=O) groups is 1. The monoisotopic (exact) mass is 367 g/mol. The summed E-state index contributed by atoms with van der Waals surface area (Å²) in [4.78, 5) is 12.0. The first kappa shape index (κ1) is 18.1. The van der Waals surface area contributed by atoms with Crippen LogP contribution in [0.2, 0.25) is 0 Å². The van der Waals surface area contributed by atoms with E-state index < -0.39 is 0 Å². The fourth-order valence-electron chi connectivity index (χ4n) is 2.33. The maximum Gasteiger partial charge on any atom is 0.234 e. The van der Waals surface area contributed by atoms with Crippen LogP contribution >= 0.6 is 11.8 Å². The molecule has 0 saturated carbocycles. The fourth-order valence-corrected chi connectivity index (χ4v) is 2.95. The second-order valence-corrected chi connectivity index (χ2v) is 6.65. The lowest BCUT2D eigenvalue weighted by atomic mass is 10.1. The number of hydrogen-bond acceptors (Lipinski definition) is 4. The molecule has 1 N–H and O–H groups in total. The van der Waals surface area contributed by atoms with Crippen molar-refractivity contribution in [3.63, 3.8) is 0 Å². The molecule has 0 fully saturated rings. The molecule has 0 aliphatic carbocycles. The second-order valence-electron chi connectivity index (χ2n) is 5.65. The van der Waals surface area contributed by atoms with Gasteiger partial charge in [-0.1, -0.05) is 30.8 Å². The van der Waals surface area contributed by atoms with E-state index in [1.807, 2.05) is 30.3 Å². The zero-order valence-electron chi connectivity index (χ0n) is 14.3. The summed E-state index contributed by atoms with van der Waals surface area (Å²) >= 11 is 1.32. The van der Waals surface area contributed by atoms with Crippen LogP contribution in [0.3, 0.4) is 0 Å². The van der Waals surface area contributed by atoms with Crippen LogP contribution in [0.25, 0.3) is 11.3 Å². The predicted octanol–water partition coefficient (Wildman–Crippen LogP) is 4.58. The molecule has 4 nitrogen and oxygen atoms in total. The number of anilines is 1. The van der Waals surface area contributed by atoms with Gasteiger partial charge in [-0.3, -0.25) is 4.79 Å². The van der Waals surface area contributed by atoms with Crippen LogP contribution in [-0.4, -0.2) is 21.9 Å². The van der Waals surface area contributed by atoms with Crippen molar-refractivity contribution < 1.29 is 9.18 Å². The van der Waals surface area contributed by atoms with Gasteiger partial charge in [-0.25, -0.2) is 4.39 Å². The molecule has 1 amide bonds. The van der Waals surface area contributed by atoms with E-state index in [0.29, 0.717) is 10.7 Å². The topological polar surface area (TPSA) is 54.9 Å². The number of nitrogens with one attached hydrogen (secondary N) is 1. The van der Waals surface area contributed by atoms with Crippen LogP contribution in [0.4, 0.5) is 10.1 Å². The molecular weight excluding hydrogens is 349 g/mol. The summed E-state index contributed by atoms with van der Waals surface area (Å²) in [6.07, 6.45) is 0.969. The Morgan fingerprint density at radius 2 is 1.73 bits per heavy atom. The second kappa shape index (κ2) is 8.58. The molecule has 1 heterocycles. The zero-order valence-corrected chi connectivity index (χ0v) is 15.1. The highest BCUT2D eigenvalue weighted by Crippen LogP contribution is 2.20. The highest BCUT2D eigenvalue weighted by atomic mass is 32.2. The normalized spacial score (nSPS) is 10.5. The Kier molecular flexibility index (Phi) is 5.96. The molecule has 3 rings (SSSR count). The van der Waals surface area contributed by atoms with Crippen molar-refractivity contribution in [3.05, 3.63) is 72.0 Å². The molecule has 0 saturated heterocycles. The quantitative estimate of drug-likeness (QED) is 0.648. The third kappa shape index (κ3) is 4.89. The van der Waals surface area contributed by atoms with E-state index in [-0.39, 0.29) is 17.5 Å². The van der Waals surface area contributed by atoms with Crippen molar-refractivity contribution in [1.82, 2.24) is 10.2 Å². The minimum Gasteiger partial charge on any atom is -0.325 e.